The summed E-state index contributed by atoms with van der Waals surface area (Å²) >= 11 is 1.39. The molecule has 0 unspecified atom stereocenters. The Morgan fingerprint density at radius 2 is 1.89 bits per heavy atom. The first-order valence-corrected chi connectivity index (χ1v) is 9.90. The lowest BCUT2D eigenvalue weighted by atomic mass is 10.2. The second-order valence-electron chi connectivity index (χ2n) is 5.77. The van der Waals surface area contributed by atoms with Gasteiger partial charge in [-0.1, -0.05) is 26.0 Å². The van der Waals surface area contributed by atoms with Crippen molar-refractivity contribution in [3.63, 3.8) is 0 Å². The van der Waals surface area contributed by atoms with Crippen LogP contribution in [0.4, 0.5) is 5.00 Å². The molecule has 0 fully saturated rings. The number of ether oxygens (including phenoxy) is 2. The van der Waals surface area contributed by atoms with Gasteiger partial charge in [0.1, 0.15) is 10.8 Å². The van der Waals surface area contributed by atoms with Crippen molar-refractivity contribution in [2.75, 3.05) is 18.5 Å². The van der Waals surface area contributed by atoms with Crippen molar-refractivity contribution in [1.29, 1.82) is 0 Å². The summed E-state index contributed by atoms with van der Waals surface area (Å²) in [7, 11) is 0. The van der Waals surface area contributed by atoms with Crippen LogP contribution in [0.15, 0.2) is 36.4 Å². The Morgan fingerprint density at radius 3 is 2.52 bits per heavy atom. The summed E-state index contributed by atoms with van der Waals surface area (Å²) in [4.78, 5) is 25.3. The van der Waals surface area contributed by atoms with Gasteiger partial charge in [0.25, 0.3) is 0 Å². The van der Waals surface area contributed by atoms with Crippen molar-refractivity contribution in [3.05, 3.63) is 52.4 Å². The molecule has 1 N–H and O–H groups in total. The number of carbonyl (C=O) groups is 2. The molecule has 1 amide bonds. The molecule has 0 saturated heterocycles. The van der Waals surface area contributed by atoms with Gasteiger partial charge in [0.15, 0.2) is 0 Å². The molecule has 144 valence electrons. The van der Waals surface area contributed by atoms with Gasteiger partial charge in [0.05, 0.1) is 18.8 Å². The van der Waals surface area contributed by atoms with Crippen LogP contribution in [-0.4, -0.2) is 25.1 Å². The summed E-state index contributed by atoms with van der Waals surface area (Å²) in [6.07, 6.45) is 4.91. The zero-order valence-corrected chi connectivity index (χ0v) is 16.7. The summed E-state index contributed by atoms with van der Waals surface area (Å²) in [6.45, 7) is 6.78. The first kappa shape index (κ1) is 20.7. The van der Waals surface area contributed by atoms with Crippen LogP contribution in [0.2, 0.25) is 0 Å². The minimum Gasteiger partial charge on any atom is -0.494 e. The van der Waals surface area contributed by atoms with Crippen LogP contribution < -0.4 is 10.1 Å². The molecule has 0 spiro atoms. The minimum atomic E-state index is -0.421. The molecule has 2 rings (SSSR count). The smallest absolute Gasteiger partial charge is 0.341 e. The lowest BCUT2D eigenvalue weighted by molar-refractivity contribution is -0.111. The third kappa shape index (κ3) is 6.25. The van der Waals surface area contributed by atoms with E-state index in [1.807, 2.05) is 31.2 Å². The largest absolute Gasteiger partial charge is 0.494 e. The van der Waals surface area contributed by atoms with Crippen LogP contribution in [0.5, 0.6) is 5.75 Å². The normalized spacial score (nSPS) is 10.8. The van der Waals surface area contributed by atoms with Crippen molar-refractivity contribution < 1.29 is 19.1 Å². The van der Waals surface area contributed by atoms with Crippen molar-refractivity contribution >= 4 is 34.3 Å². The quantitative estimate of drug-likeness (QED) is 0.489. The zero-order valence-electron chi connectivity index (χ0n) is 15.9. The molecule has 0 aliphatic carbocycles. The number of carbonyl (C=O) groups excluding carboxylic acids is 2. The Bertz CT molecular complexity index is 793. The van der Waals surface area contributed by atoms with Crippen LogP contribution in [0.3, 0.4) is 0 Å². The highest BCUT2D eigenvalue weighted by Crippen LogP contribution is 2.29. The molecular formula is C21H25NO4S. The SMILES string of the molecule is CCCOc1ccc(C=CC(=O)Nc2sc(CC)cc2C(=O)OCC)cc1. The molecule has 0 aliphatic heterocycles. The molecule has 0 saturated carbocycles. The Hall–Kier alpha value is -2.60. The number of esters is 1. The molecular weight excluding hydrogens is 362 g/mol. The number of nitrogens with one attached hydrogen (secondary N) is 1. The molecule has 5 nitrogen and oxygen atoms in total. The van der Waals surface area contributed by atoms with Gasteiger partial charge in [0, 0.05) is 11.0 Å². The average molecular weight is 388 g/mol. The van der Waals surface area contributed by atoms with E-state index < -0.39 is 5.97 Å². The van der Waals surface area contributed by atoms with Gasteiger partial charge in [-0.2, -0.15) is 0 Å². The molecule has 0 aliphatic rings. The van der Waals surface area contributed by atoms with Crippen LogP contribution in [-0.2, 0) is 16.0 Å². The number of rotatable bonds is 9. The lowest BCUT2D eigenvalue weighted by Crippen LogP contribution is -2.11. The lowest BCUT2D eigenvalue weighted by Gasteiger charge is -2.05. The fourth-order valence-electron chi connectivity index (χ4n) is 2.29. The highest BCUT2D eigenvalue weighted by molar-refractivity contribution is 7.16. The number of thiophene rings is 1. The molecule has 1 heterocycles. The summed E-state index contributed by atoms with van der Waals surface area (Å²) in [5.74, 6) is 0.0926. The Morgan fingerprint density at radius 1 is 1.15 bits per heavy atom. The number of amides is 1. The van der Waals surface area contributed by atoms with Gasteiger partial charge in [0.2, 0.25) is 5.91 Å². The van der Waals surface area contributed by atoms with E-state index in [2.05, 4.69) is 12.2 Å². The maximum atomic E-state index is 12.3. The second kappa shape index (κ2) is 10.5. The number of hydrogen-bond acceptors (Lipinski definition) is 5. The van der Waals surface area contributed by atoms with Crippen LogP contribution in [0.25, 0.3) is 6.08 Å². The minimum absolute atomic E-state index is 0.293. The predicted molar refractivity (Wildman–Crippen MR) is 110 cm³/mol. The van der Waals surface area contributed by atoms with Gasteiger partial charge < -0.3 is 14.8 Å². The third-order valence-electron chi connectivity index (χ3n) is 3.64. The maximum Gasteiger partial charge on any atom is 0.341 e. The van der Waals surface area contributed by atoms with E-state index in [0.717, 1.165) is 29.0 Å². The molecule has 1 aromatic heterocycles. The molecule has 1 aromatic carbocycles. The maximum absolute atomic E-state index is 12.3. The van der Waals surface area contributed by atoms with Crippen molar-refractivity contribution in [1.82, 2.24) is 0 Å². The molecule has 6 heteroatoms. The molecule has 0 radical (unpaired) electrons. The Kier molecular flexibility index (Phi) is 8.07. The second-order valence-corrected chi connectivity index (χ2v) is 6.91. The third-order valence-corrected chi connectivity index (χ3v) is 4.84. The summed E-state index contributed by atoms with van der Waals surface area (Å²) in [6, 6.07) is 9.30. The highest BCUT2D eigenvalue weighted by Gasteiger charge is 2.17. The van der Waals surface area contributed by atoms with E-state index in [4.69, 9.17) is 9.47 Å². The summed E-state index contributed by atoms with van der Waals surface area (Å²) < 4.78 is 10.6. The first-order chi connectivity index (χ1) is 13.1. The topological polar surface area (TPSA) is 64.6 Å². The molecule has 2 aromatic rings. The Balaban J connectivity index is 2.03. The molecule has 0 atom stereocenters. The monoisotopic (exact) mass is 387 g/mol. The van der Waals surface area contributed by atoms with Gasteiger partial charge in [-0.15, -0.1) is 11.3 Å². The molecule has 0 bridgehead atoms. The van der Waals surface area contributed by atoms with E-state index in [1.165, 1.54) is 17.4 Å². The number of benzene rings is 1. The highest BCUT2D eigenvalue weighted by atomic mass is 32.1. The number of aryl methyl sites for hydroxylation is 1. The number of hydrogen-bond donors (Lipinski definition) is 1. The van der Waals surface area contributed by atoms with Crippen molar-refractivity contribution in [3.8, 4) is 5.75 Å². The van der Waals surface area contributed by atoms with Gasteiger partial charge in [-0.3, -0.25) is 4.79 Å². The number of anilines is 1. The zero-order chi connectivity index (χ0) is 19.6. The van der Waals surface area contributed by atoms with E-state index in [9.17, 15) is 9.59 Å². The van der Waals surface area contributed by atoms with Crippen LogP contribution in [0.1, 0.15) is 48.0 Å². The van der Waals surface area contributed by atoms with Crippen LogP contribution in [0, 0.1) is 0 Å². The first-order valence-electron chi connectivity index (χ1n) is 9.09. The van der Waals surface area contributed by atoms with Crippen LogP contribution >= 0.6 is 11.3 Å². The van der Waals surface area contributed by atoms with E-state index >= 15 is 0 Å². The van der Waals surface area contributed by atoms with Gasteiger partial charge in [-0.25, -0.2) is 4.79 Å². The van der Waals surface area contributed by atoms with E-state index in [1.54, 1.807) is 19.1 Å². The summed E-state index contributed by atoms with van der Waals surface area (Å²) in [5.41, 5.74) is 1.29. The fraction of sp³-hybridized carbons (Fsp3) is 0.333. The Labute approximate surface area is 164 Å². The van der Waals surface area contributed by atoms with Gasteiger partial charge in [-0.05, 0) is 49.6 Å². The van der Waals surface area contributed by atoms with Crippen molar-refractivity contribution in [2.45, 2.75) is 33.6 Å². The van der Waals surface area contributed by atoms with Gasteiger partial charge >= 0.3 is 5.97 Å². The van der Waals surface area contributed by atoms with E-state index in [-0.39, 0.29) is 5.91 Å². The standard InChI is InChI=1S/C21H25NO4S/c1-4-13-26-16-10-7-15(8-11-16)9-12-19(23)22-20-18(21(24)25-6-3)14-17(5-2)27-20/h7-12,14H,4-6,13H2,1-3H3,(H,22,23). The summed E-state index contributed by atoms with van der Waals surface area (Å²) in [5, 5.41) is 3.30. The van der Waals surface area contributed by atoms with E-state index in [0.29, 0.717) is 23.8 Å². The van der Waals surface area contributed by atoms with Crippen molar-refractivity contribution in [2.24, 2.45) is 0 Å². The molecule has 27 heavy (non-hydrogen) atoms. The average Bonchev–Trinajstić information content (AvgIpc) is 3.08. The predicted octanol–water partition coefficient (Wildman–Crippen LogP) is 4.93. The fourth-order valence-corrected chi connectivity index (χ4v) is 3.28.